The number of hydrogen-bond donors (Lipinski definition) is 1. The molecule has 0 radical (unpaired) electrons. The number of carbonyl (C=O) groups excluding carboxylic acids is 1. The van der Waals surface area contributed by atoms with Gasteiger partial charge >= 0.3 is 0 Å². The van der Waals surface area contributed by atoms with Crippen molar-refractivity contribution in [3.8, 4) is 0 Å². The Bertz CT molecular complexity index is 565. The number of amides is 1. The zero-order valence-electron chi connectivity index (χ0n) is 11.9. The van der Waals surface area contributed by atoms with Crippen molar-refractivity contribution in [2.75, 3.05) is 0 Å². The Labute approximate surface area is 138 Å². The zero-order chi connectivity index (χ0) is 14.6. The summed E-state index contributed by atoms with van der Waals surface area (Å²) in [5, 5.41) is 3.89. The van der Waals surface area contributed by atoms with Gasteiger partial charge in [-0.05, 0) is 74.5 Å². The fourth-order valence-electron chi connectivity index (χ4n) is 5.24. The summed E-state index contributed by atoms with van der Waals surface area (Å²) < 4.78 is 0.891. The maximum absolute atomic E-state index is 12.7. The lowest BCUT2D eigenvalue weighted by molar-refractivity contribution is -0.0166. The molecule has 1 amide bonds. The van der Waals surface area contributed by atoms with Crippen LogP contribution in [0, 0.1) is 17.8 Å². The first-order valence-electron chi connectivity index (χ1n) is 7.81. The third-order valence-corrected chi connectivity index (χ3v) is 6.41. The molecule has 4 heteroatoms. The van der Waals surface area contributed by atoms with Crippen LogP contribution in [0.5, 0.6) is 0 Å². The van der Waals surface area contributed by atoms with E-state index in [4.69, 9.17) is 11.6 Å². The van der Waals surface area contributed by atoms with Gasteiger partial charge in [-0.2, -0.15) is 0 Å². The van der Waals surface area contributed by atoms with E-state index >= 15 is 0 Å². The molecule has 0 saturated heterocycles. The van der Waals surface area contributed by atoms with E-state index in [0.29, 0.717) is 10.6 Å². The van der Waals surface area contributed by atoms with Crippen LogP contribution in [0.1, 0.15) is 48.9 Å². The Hall–Kier alpha value is -0.540. The summed E-state index contributed by atoms with van der Waals surface area (Å²) in [5.41, 5.74) is 0.624. The summed E-state index contributed by atoms with van der Waals surface area (Å²) >= 11 is 9.61. The fourth-order valence-corrected chi connectivity index (χ4v) is 5.81. The molecule has 0 aromatic heterocycles. The lowest BCUT2D eigenvalue weighted by Crippen LogP contribution is -2.59. The highest BCUT2D eigenvalue weighted by Crippen LogP contribution is 2.55. The van der Waals surface area contributed by atoms with Crippen LogP contribution in [0.2, 0.25) is 5.02 Å². The van der Waals surface area contributed by atoms with Crippen LogP contribution in [0.15, 0.2) is 22.7 Å². The van der Waals surface area contributed by atoms with Crippen molar-refractivity contribution in [3.63, 3.8) is 0 Å². The largest absolute Gasteiger partial charge is 0.347 e. The smallest absolute Gasteiger partial charge is 0.253 e. The number of rotatable bonds is 2. The Morgan fingerprint density at radius 2 is 1.71 bits per heavy atom. The average molecular weight is 369 g/mol. The molecule has 1 aromatic rings. The van der Waals surface area contributed by atoms with E-state index in [2.05, 4.69) is 21.2 Å². The maximum Gasteiger partial charge on any atom is 0.253 e. The molecule has 0 spiro atoms. The van der Waals surface area contributed by atoms with Crippen molar-refractivity contribution in [1.82, 2.24) is 5.32 Å². The van der Waals surface area contributed by atoms with Gasteiger partial charge in [0.25, 0.3) is 5.91 Å². The van der Waals surface area contributed by atoms with Gasteiger partial charge in [-0.25, -0.2) is 0 Å². The molecule has 4 aliphatic carbocycles. The average Bonchev–Trinajstić information content (AvgIpc) is 2.39. The van der Waals surface area contributed by atoms with Crippen LogP contribution in [0.25, 0.3) is 0 Å². The van der Waals surface area contributed by atoms with Crippen molar-refractivity contribution in [2.24, 2.45) is 17.8 Å². The third-order valence-electron chi connectivity index (χ3n) is 5.59. The summed E-state index contributed by atoms with van der Waals surface area (Å²) in [6, 6.07) is 5.46. The molecule has 5 rings (SSSR count). The van der Waals surface area contributed by atoms with Gasteiger partial charge in [0, 0.05) is 10.0 Å². The molecule has 0 unspecified atom stereocenters. The Balaban J connectivity index is 1.58. The lowest BCUT2D eigenvalue weighted by atomic mass is 9.53. The first-order valence-corrected chi connectivity index (χ1v) is 8.98. The molecule has 21 heavy (non-hydrogen) atoms. The SMILES string of the molecule is O=C(NC12CC3CC(CC(C3)C1)C2)c1cc(Br)ccc1Cl. The predicted molar refractivity (Wildman–Crippen MR) is 87.5 cm³/mol. The van der Waals surface area contributed by atoms with Crippen LogP contribution < -0.4 is 5.32 Å². The van der Waals surface area contributed by atoms with Gasteiger partial charge < -0.3 is 5.32 Å². The van der Waals surface area contributed by atoms with Crippen LogP contribution in [-0.2, 0) is 0 Å². The van der Waals surface area contributed by atoms with Crippen molar-refractivity contribution in [3.05, 3.63) is 33.3 Å². The van der Waals surface area contributed by atoms with Crippen LogP contribution in [0.4, 0.5) is 0 Å². The number of halogens is 2. The van der Waals surface area contributed by atoms with E-state index in [-0.39, 0.29) is 11.4 Å². The number of benzene rings is 1. The minimum Gasteiger partial charge on any atom is -0.347 e. The van der Waals surface area contributed by atoms with E-state index in [1.165, 1.54) is 19.3 Å². The predicted octanol–water partition coefficient (Wildman–Crippen LogP) is 4.80. The molecule has 0 atom stereocenters. The molecule has 2 nitrogen and oxygen atoms in total. The van der Waals surface area contributed by atoms with Gasteiger partial charge in [0.2, 0.25) is 0 Å². The monoisotopic (exact) mass is 367 g/mol. The van der Waals surface area contributed by atoms with Gasteiger partial charge in [-0.3, -0.25) is 4.79 Å². The summed E-state index contributed by atoms with van der Waals surface area (Å²) in [4.78, 5) is 12.7. The fraction of sp³-hybridized carbons (Fsp3) is 0.588. The van der Waals surface area contributed by atoms with Crippen LogP contribution in [-0.4, -0.2) is 11.4 Å². The van der Waals surface area contributed by atoms with Gasteiger partial charge in [0.1, 0.15) is 0 Å². The number of nitrogens with one attached hydrogen (secondary N) is 1. The molecule has 4 saturated carbocycles. The van der Waals surface area contributed by atoms with Gasteiger partial charge in [0.15, 0.2) is 0 Å². The van der Waals surface area contributed by atoms with Gasteiger partial charge in [-0.1, -0.05) is 27.5 Å². The summed E-state index contributed by atoms with van der Waals surface area (Å²) in [6.45, 7) is 0. The van der Waals surface area contributed by atoms with Crippen LogP contribution >= 0.6 is 27.5 Å². The standard InChI is InChI=1S/C17H19BrClNO/c18-13-1-2-15(19)14(6-13)16(21)20-17-7-10-3-11(8-17)5-12(4-10)9-17/h1-2,6,10-12H,3-5,7-9H2,(H,20,21). The highest BCUT2D eigenvalue weighted by atomic mass is 79.9. The maximum atomic E-state index is 12.7. The molecule has 1 N–H and O–H groups in total. The molecule has 4 bridgehead atoms. The molecular weight excluding hydrogens is 350 g/mol. The number of carbonyl (C=O) groups is 1. The quantitative estimate of drug-likeness (QED) is 0.798. The second-order valence-corrected chi connectivity index (χ2v) is 8.60. The molecule has 112 valence electrons. The normalized spacial score (nSPS) is 36.8. The molecule has 1 aromatic carbocycles. The first kappa shape index (κ1) is 14.1. The highest BCUT2D eigenvalue weighted by Gasteiger charge is 2.51. The van der Waals surface area contributed by atoms with Gasteiger partial charge in [0.05, 0.1) is 10.6 Å². The Morgan fingerprint density at radius 3 is 2.29 bits per heavy atom. The Morgan fingerprint density at radius 1 is 1.14 bits per heavy atom. The molecular formula is C17H19BrClNO. The van der Waals surface area contributed by atoms with Crippen molar-refractivity contribution < 1.29 is 4.79 Å². The third kappa shape index (κ3) is 2.53. The van der Waals surface area contributed by atoms with E-state index in [1.54, 1.807) is 6.07 Å². The number of hydrogen-bond acceptors (Lipinski definition) is 1. The second-order valence-electron chi connectivity index (χ2n) is 7.28. The summed E-state index contributed by atoms with van der Waals surface area (Å²) in [5.74, 6) is 2.47. The second kappa shape index (κ2) is 4.99. The summed E-state index contributed by atoms with van der Waals surface area (Å²) in [7, 11) is 0. The first-order chi connectivity index (χ1) is 10.0. The minimum atomic E-state index is -0.0109. The Kier molecular flexibility index (Phi) is 3.34. The van der Waals surface area contributed by atoms with Crippen LogP contribution in [0.3, 0.4) is 0 Å². The molecule has 0 aliphatic heterocycles. The highest BCUT2D eigenvalue weighted by molar-refractivity contribution is 9.10. The molecule has 0 heterocycles. The topological polar surface area (TPSA) is 29.1 Å². The van der Waals surface area contributed by atoms with Crippen molar-refractivity contribution in [1.29, 1.82) is 0 Å². The molecule has 4 aliphatic rings. The molecule has 4 fully saturated rings. The van der Waals surface area contributed by atoms with Crippen molar-refractivity contribution in [2.45, 2.75) is 44.1 Å². The van der Waals surface area contributed by atoms with E-state index in [0.717, 1.165) is 41.5 Å². The van der Waals surface area contributed by atoms with E-state index < -0.39 is 0 Å². The minimum absolute atomic E-state index is 0.0109. The summed E-state index contributed by atoms with van der Waals surface area (Å²) in [6.07, 6.45) is 7.63. The zero-order valence-corrected chi connectivity index (χ0v) is 14.2. The van der Waals surface area contributed by atoms with E-state index in [1.807, 2.05) is 12.1 Å². The van der Waals surface area contributed by atoms with Gasteiger partial charge in [-0.15, -0.1) is 0 Å². The van der Waals surface area contributed by atoms with E-state index in [9.17, 15) is 4.79 Å². The van der Waals surface area contributed by atoms with Crippen molar-refractivity contribution >= 4 is 33.4 Å². The lowest BCUT2D eigenvalue weighted by Gasteiger charge is -2.56.